The zero-order chi connectivity index (χ0) is 19.1. The monoisotopic (exact) mass is 367 g/mol. The Morgan fingerprint density at radius 1 is 0.889 bits per heavy atom. The highest BCUT2D eigenvalue weighted by Crippen LogP contribution is 2.33. The third kappa shape index (κ3) is 4.91. The van der Waals surface area contributed by atoms with Crippen LogP contribution in [0, 0.1) is 5.82 Å². The summed E-state index contributed by atoms with van der Waals surface area (Å²) in [5.41, 5.74) is 2.25. The predicted octanol–water partition coefficient (Wildman–Crippen LogP) is 5.12. The first-order valence-corrected chi connectivity index (χ1v) is 8.81. The molecule has 2 N–H and O–H groups in total. The number of para-hydroxylation sites is 1. The SMILES string of the molecule is CCOc1cccc(CNc2ccc(O)cc2)c1OCc1ccccc1F. The molecule has 5 heteroatoms. The number of rotatable bonds is 8. The molecule has 0 radical (unpaired) electrons. The highest BCUT2D eigenvalue weighted by molar-refractivity contribution is 5.51. The first kappa shape index (κ1) is 18.6. The molecule has 0 aliphatic rings. The molecular formula is C22H22FNO3. The van der Waals surface area contributed by atoms with Crippen LogP contribution in [0.25, 0.3) is 0 Å². The quantitative estimate of drug-likeness (QED) is 0.543. The van der Waals surface area contributed by atoms with Crippen molar-refractivity contribution in [3.8, 4) is 17.2 Å². The Morgan fingerprint density at radius 2 is 1.63 bits per heavy atom. The van der Waals surface area contributed by atoms with Gasteiger partial charge in [0.05, 0.1) is 6.61 Å². The molecule has 0 aliphatic heterocycles. The van der Waals surface area contributed by atoms with Crippen LogP contribution >= 0.6 is 0 Å². The molecule has 0 atom stereocenters. The first-order valence-electron chi connectivity index (χ1n) is 8.81. The number of anilines is 1. The second kappa shape index (κ2) is 8.94. The van der Waals surface area contributed by atoms with Crippen molar-refractivity contribution in [3.05, 3.63) is 83.7 Å². The van der Waals surface area contributed by atoms with E-state index < -0.39 is 0 Å². The smallest absolute Gasteiger partial charge is 0.166 e. The Balaban J connectivity index is 1.79. The number of nitrogens with one attached hydrogen (secondary N) is 1. The zero-order valence-electron chi connectivity index (χ0n) is 15.1. The molecule has 0 amide bonds. The van der Waals surface area contributed by atoms with Crippen molar-refractivity contribution < 1.29 is 19.0 Å². The van der Waals surface area contributed by atoms with Crippen molar-refractivity contribution in [1.29, 1.82) is 0 Å². The van der Waals surface area contributed by atoms with Gasteiger partial charge in [-0.25, -0.2) is 4.39 Å². The minimum atomic E-state index is -0.296. The minimum absolute atomic E-state index is 0.114. The highest BCUT2D eigenvalue weighted by Gasteiger charge is 2.12. The van der Waals surface area contributed by atoms with Crippen molar-refractivity contribution >= 4 is 5.69 Å². The summed E-state index contributed by atoms with van der Waals surface area (Å²) in [4.78, 5) is 0. The number of halogens is 1. The van der Waals surface area contributed by atoms with Crippen LogP contribution < -0.4 is 14.8 Å². The summed E-state index contributed by atoms with van der Waals surface area (Å²) in [5, 5.41) is 12.7. The van der Waals surface area contributed by atoms with Gasteiger partial charge < -0.3 is 19.9 Å². The maximum Gasteiger partial charge on any atom is 0.166 e. The molecule has 0 saturated carbocycles. The van der Waals surface area contributed by atoms with Gasteiger partial charge in [-0.3, -0.25) is 0 Å². The number of phenols is 1. The van der Waals surface area contributed by atoms with Gasteiger partial charge in [0.15, 0.2) is 11.5 Å². The van der Waals surface area contributed by atoms with Crippen LogP contribution in [0.1, 0.15) is 18.1 Å². The van der Waals surface area contributed by atoms with E-state index in [2.05, 4.69) is 5.32 Å². The van der Waals surface area contributed by atoms with Gasteiger partial charge in [0.25, 0.3) is 0 Å². The molecule has 4 nitrogen and oxygen atoms in total. The fourth-order valence-corrected chi connectivity index (χ4v) is 2.68. The molecule has 27 heavy (non-hydrogen) atoms. The minimum Gasteiger partial charge on any atom is -0.508 e. The van der Waals surface area contributed by atoms with E-state index in [1.165, 1.54) is 6.07 Å². The van der Waals surface area contributed by atoms with Crippen molar-refractivity contribution in [2.75, 3.05) is 11.9 Å². The maximum absolute atomic E-state index is 13.9. The maximum atomic E-state index is 13.9. The lowest BCUT2D eigenvalue weighted by molar-refractivity contribution is 0.263. The van der Waals surface area contributed by atoms with E-state index in [1.807, 2.05) is 25.1 Å². The largest absolute Gasteiger partial charge is 0.508 e. The van der Waals surface area contributed by atoms with Gasteiger partial charge in [-0.15, -0.1) is 0 Å². The molecule has 0 bridgehead atoms. The van der Waals surface area contributed by atoms with Crippen molar-refractivity contribution in [3.63, 3.8) is 0 Å². The van der Waals surface area contributed by atoms with Crippen LogP contribution in [0.2, 0.25) is 0 Å². The normalized spacial score (nSPS) is 10.4. The van der Waals surface area contributed by atoms with Crippen LogP contribution in [0.5, 0.6) is 17.2 Å². The molecule has 0 unspecified atom stereocenters. The molecule has 0 aliphatic carbocycles. The number of hydrogen-bond donors (Lipinski definition) is 2. The molecule has 0 spiro atoms. The highest BCUT2D eigenvalue weighted by atomic mass is 19.1. The lowest BCUT2D eigenvalue weighted by Gasteiger charge is -2.17. The number of hydrogen-bond acceptors (Lipinski definition) is 4. The van der Waals surface area contributed by atoms with Gasteiger partial charge in [-0.05, 0) is 43.3 Å². The topological polar surface area (TPSA) is 50.7 Å². The van der Waals surface area contributed by atoms with Crippen LogP contribution in [0.15, 0.2) is 66.7 Å². The van der Waals surface area contributed by atoms with Gasteiger partial charge in [-0.2, -0.15) is 0 Å². The number of aromatic hydroxyl groups is 1. The van der Waals surface area contributed by atoms with Gasteiger partial charge in [0.2, 0.25) is 0 Å². The van der Waals surface area contributed by atoms with Gasteiger partial charge in [-0.1, -0.05) is 30.3 Å². The average molecular weight is 367 g/mol. The molecule has 0 heterocycles. The second-order valence-corrected chi connectivity index (χ2v) is 5.96. The van der Waals surface area contributed by atoms with Crippen molar-refractivity contribution in [2.45, 2.75) is 20.1 Å². The third-order valence-corrected chi connectivity index (χ3v) is 4.04. The third-order valence-electron chi connectivity index (χ3n) is 4.04. The summed E-state index contributed by atoms with van der Waals surface area (Å²) in [6.45, 7) is 3.02. The zero-order valence-corrected chi connectivity index (χ0v) is 15.1. The fourth-order valence-electron chi connectivity index (χ4n) is 2.68. The van der Waals surface area contributed by atoms with E-state index in [0.29, 0.717) is 30.2 Å². The van der Waals surface area contributed by atoms with E-state index in [-0.39, 0.29) is 18.2 Å². The molecule has 3 rings (SSSR count). The summed E-state index contributed by atoms with van der Waals surface area (Å²) < 4.78 is 25.5. The predicted molar refractivity (Wildman–Crippen MR) is 104 cm³/mol. The molecule has 3 aromatic rings. The summed E-state index contributed by atoms with van der Waals surface area (Å²) in [6.07, 6.45) is 0. The summed E-state index contributed by atoms with van der Waals surface area (Å²) >= 11 is 0. The molecule has 0 saturated heterocycles. The number of ether oxygens (including phenoxy) is 2. The van der Waals surface area contributed by atoms with E-state index >= 15 is 0 Å². The molecule has 140 valence electrons. The van der Waals surface area contributed by atoms with E-state index in [0.717, 1.165) is 11.3 Å². The Bertz CT molecular complexity index is 881. The average Bonchev–Trinajstić information content (AvgIpc) is 2.68. The Hall–Kier alpha value is -3.21. The van der Waals surface area contributed by atoms with E-state index in [1.54, 1.807) is 42.5 Å². The standard InChI is InChI=1S/C22H22FNO3/c1-2-26-21-9-5-7-16(14-24-18-10-12-19(25)13-11-18)22(21)27-15-17-6-3-4-8-20(17)23/h3-13,24-25H,2,14-15H2,1H3. The number of benzene rings is 3. The van der Waals surface area contributed by atoms with Crippen molar-refractivity contribution in [2.24, 2.45) is 0 Å². The van der Waals surface area contributed by atoms with Gasteiger partial charge in [0, 0.05) is 23.4 Å². The summed E-state index contributed by atoms with van der Waals surface area (Å²) in [7, 11) is 0. The molecule has 0 aromatic heterocycles. The Labute approximate surface area is 158 Å². The Kier molecular flexibility index (Phi) is 6.15. The van der Waals surface area contributed by atoms with Crippen LogP contribution in [-0.2, 0) is 13.2 Å². The van der Waals surface area contributed by atoms with E-state index in [4.69, 9.17) is 9.47 Å². The van der Waals surface area contributed by atoms with Crippen LogP contribution in [-0.4, -0.2) is 11.7 Å². The second-order valence-electron chi connectivity index (χ2n) is 5.96. The molecule has 0 fully saturated rings. The van der Waals surface area contributed by atoms with Gasteiger partial charge >= 0.3 is 0 Å². The number of phenolic OH excluding ortho intramolecular Hbond substituents is 1. The first-order chi connectivity index (χ1) is 13.2. The summed E-state index contributed by atoms with van der Waals surface area (Å²) in [6, 6.07) is 19.1. The molecular weight excluding hydrogens is 345 g/mol. The fraction of sp³-hybridized carbons (Fsp3) is 0.182. The van der Waals surface area contributed by atoms with Crippen LogP contribution in [0.4, 0.5) is 10.1 Å². The molecule has 3 aromatic carbocycles. The van der Waals surface area contributed by atoms with Gasteiger partial charge in [0.1, 0.15) is 18.2 Å². The lowest BCUT2D eigenvalue weighted by Crippen LogP contribution is -2.06. The van der Waals surface area contributed by atoms with E-state index in [9.17, 15) is 9.50 Å². The van der Waals surface area contributed by atoms with Crippen molar-refractivity contribution in [1.82, 2.24) is 0 Å². The van der Waals surface area contributed by atoms with Crippen LogP contribution in [0.3, 0.4) is 0 Å². The lowest BCUT2D eigenvalue weighted by atomic mass is 10.1. The summed E-state index contributed by atoms with van der Waals surface area (Å²) in [5.74, 6) is 1.13. The Morgan fingerprint density at radius 3 is 2.37 bits per heavy atom.